The van der Waals surface area contributed by atoms with Crippen LogP contribution in [0, 0.1) is 11.8 Å². The predicted octanol–water partition coefficient (Wildman–Crippen LogP) is 1.22. The maximum atomic E-state index is 11.5. The van der Waals surface area contributed by atoms with Crippen molar-refractivity contribution in [2.45, 2.75) is 26.4 Å². The summed E-state index contributed by atoms with van der Waals surface area (Å²) in [6.45, 7) is 5.30. The van der Waals surface area contributed by atoms with Crippen molar-refractivity contribution in [3.8, 4) is 11.8 Å². The molecule has 1 rings (SSSR count). The van der Waals surface area contributed by atoms with Gasteiger partial charge in [0.15, 0.2) is 6.29 Å². The Labute approximate surface area is 93.4 Å². The second-order valence-corrected chi connectivity index (χ2v) is 4.01. The highest BCUT2D eigenvalue weighted by molar-refractivity contribution is 5.74. The molecule has 0 N–H and O–H groups in total. The Bertz CT molecular complexity index is 458. The first-order valence-corrected chi connectivity index (χ1v) is 4.66. The molecule has 0 saturated carbocycles. The Hall–Kier alpha value is -2.09. The summed E-state index contributed by atoms with van der Waals surface area (Å²) in [5.41, 5.74) is -0.226. The van der Waals surface area contributed by atoms with E-state index in [1.807, 2.05) is 0 Å². The van der Waals surface area contributed by atoms with E-state index in [1.165, 1.54) is 12.3 Å². The molecule has 0 amide bonds. The van der Waals surface area contributed by atoms with Gasteiger partial charge in [-0.15, -0.1) is 0 Å². The number of carbonyl (C=O) groups excluding carboxylic acids is 2. The Balaban J connectivity index is 2.78. The smallest absolute Gasteiger partial charge is 0.435 e. The normalized spacial score (nSPS) is 10.2. The van der Waals surface area contributed by atoms with Crippen molar-refractivity contribution in [2.24, 2.45) is 0 Å². The molecule has 0 aliphatic carbocycles. The van der Waals surface area contributed by atoms with E-state index in [0.717, 1.165) is 4.68 Å². The number of hydrogen-bond acceptors (Lipinski definition) is 4. The van der Waals surface area contributed by atoms with Crippen LogP contribution in [0.15, 0.2) is 12.3 Å². The van der Waals surface area contributed by atoms with Gasteiger partial charge in [-0.05, 0) is 38.7 Å². The van der Waals surface area contributed by atoms with Gasteiger partial charge in [-0.2, -0.15) is 9.78 Å². The molecule has 0 fully saturated rings. The molecular weight excluding hydrogens is 208 g/mol. The number of hydrogen-bond donors (Lipinski definition) is 0. The summed E-state index contributed by atoms with van der Waals surface area (Å²) in [5, 5.41) is 3.84. The van der Waals surface area contributed by atoms with Gasteiger partial charge in [-0.3, -0.25) is 4.79 Å². The lowest BCUT2D eigenvalue weighted by atomic mass is 10.2. The fourth-order valence-electron chi connectivity index (χ4n) is 0.904. The van der Waals surface area contributed by atoms with E-state index in [-0.39, 0.29) is 0 Å². The lowest BCUT2D eigenvalue weighted by molar-refractivity contribution is -0.103. The molecule has 1 aromatic heterocycles. The van der Waals surface area contributed by atoms with Gasteiger partial charge in [0.1, 0.15) is 11.3 Å². The maximum absolute atomic E-state index is 11.5. The van der Waals surface area contributed by atoms with Crippen molar-refractivity contribution < 1.29 is 14.3 Å². The quantitative estimate of drug-likeness (QED) is 0.487. The highest BCUT2D eigenvalue weighted by atomic mass is 16.6. The van der Waals surface area contributed by atoms with Crippen molar-refractivity contribution in [2.75, 3.05) is 0 Å². The number of carbonyl (C=O) groups is 2. The van der Waals surface area contributed by atoms with Crippen molar-refractivity contribution in [1.29, 1.82) is 0 Å². The minimum atomic E-state index is -0.577. The van der Waals surface area contributed by atoms with E-state index in [4.69, 9.17) is 4.74 Å². The monoisotopic (exact) mass is 220 g/mol. The Kier molecular flexibility index (Phi) is 3.46. The summed E-state index contributed by atoms with van der Waals surface area (Å²) >= 11 is 0. The Morgan fingerprint density at radius 2 is 2.25 bits per heavy atom. The number of nitrogens with zero attached hydrogens (tertiary/aromatic N) is 2. The van der Waals surface area contributed by atoms with Gasteiger partial charge < -0.3 is 4.74 Å². The maximum Gasteiger partial charge on any atom is 0.435 e. The summed E-state index contributed by atoms with van der Waals surface area (Å²) in [4.78, 5) is 21.5. The third-order valence-corrected chi connectivity index (χ3v) is 1.43. The number of rotatable bonds is 0. The summed E-state index contributed by atoms with van der Waals surface area (Å²) in [7, 11) is 0. The first kappa shape index (κ1) is 12.0. The number of aromatic nitrogens is 2. The van der Waals surface area contributed by atoms with Gasteiger partial charge in [-0.25, -0.2) is 4.79 Å². The molecule has 0 saturated heterocycles. The first-order chi connectivity index (χ1) is 7.42. The van der Waals surface area contributed by atoms with E-state index in [2.05, 4.69) is 16.9 Å². The predicted molar refractivity (Wildman–Crippen MR) is 56.8 cm³/mol. The third-order valence-electron chi connectivity index (χ3n) is 1.43. The van der Waals surface area contributed by atoms with Crippen LogP contribution in [0.5, 0.6) is 0 Å². The molecule has 1 aromatic rings. The molecule has 0 atom stereocenters. The van der Waals surface area contributed by atoms with Gasteiger partial charge in [0, 0.05) is 6.20 Å². The minimum absolute atomic E-state index is 0.345. The molecule has 84 valence electrons. The summed E-state index contributed by atoms with van der Waals surface area (Å²) < 4.78 is 6.13. The van der Waals surface area contributed by atoms with E-state index in [9.17, 15) is 9.59 Å². The standard InChI is InChI=1S/C11H12N2O3/c1-11(2,3)16-10(15)13-7-6-9(12-13)5-4-8-14/h6-8H,1-3H3. The second-order valence-electron chi connectivity index (χ2n) is 4.01. The Morgan fingerprint density at radius 3 is 2.81 bits per heavy atom. The molecule has 1 heterocycles. The molecule has 0 aromatic carbocycles. The molecule has 5 heteroatoms. The van der Waals surface area contributed by atoms with Crippen molar-refractivity contribution in [3.05, 3.63) is 18.0 Å². The average molecular weight is 220 g/mol. The fraction of sp³-hybridized carbons (Fsp3) is 0.364. The number of ether oxygens (including phenoxy) is 1. The van der Waals surface area contributed by atoms with Crippen LogP contribution in [0.2, 0.25) is 0 Å². The number of aldehydes is 1. The van der Waals surface area contributed by atoms with Gasteiger partial charge in [0.2, 0.25) is 0 Å². The zero-order valence-corrected chi connectivity index (χ0v) is 9.35. The van der Waals surface area contributed by atoms with Crippen LogP contribution in [0.3, 0.4) is 0 Å². The van der Waals surface area contributed by atoms with Gasteiger partial charge >= 0.3 is 6.09 Å². The first-order valence-electron chi connectivity index (χ1n) is 4.66. The molecule has 0 radical (unpaired) electrons. The summed E-state index contributed by atoms with van der Waals surface area (Å²) in [6, 6.07) is 1.53. The second kappa shape index (κ2) is 4.62. The van der Waals surface area contributed by atoms with Crippen molar-refractivity contribution in [1.82, 2.24) is 9.78 Å². The van der Waals surface area contributed by atoms with Crippen molar-refractivity contribution in [3.63, 3.8) is 0 Å². The highest BCUT2D eigenvalue weighted by Gasteiger charge is 2.18. The van der Waals surface area contributed by atoms with E-state index in [1.54, 1.807) is 20.8 Å². The van der Waals surface area contributed by atoms with Gasteiger partial charge in [0.25, 0.3) is 0 Å². The van der Waals surface area contributed by atoms with Crippen LogP contribution in [0.1, 0.15) is 26.5 Å². The highest BCUT2D eigenvalue weighted by Crippen LogP contribution is 2.08. The Morgan fingerprint density at radius 1 is 1.56 bits per heavy atom. The van der Waals surface area contributed by atoms with Crippen LogP contribution in [-0.2, 0) is 9.53 Å². The molecule has 5 nitrogen and oxygen atoms in total. The SMILES string of the molecule is CC(C)(C)OC(=O)n1ccc(C#CC=O)n1. The molecule has 0 aliphatic heterocycles. The summed E-state index contributed by atoms with van der Waals surface area (Å²) in [6.07, 6.45) is 1.32. The zero-order valence-electron chi connectivity index (χ0n) is 9.35. The van der Waals surface area contributed by atoms with Gasteiger partial charge in [-0.1, -0.05) is 0 Å². The van der Waals surface area contributed by atoms with E-state index < -0.39 is 11.7 Å². The summed E-state index contributed by atoms with van der Waals surface area (Å²) in [5.74, 6) is 4.68. The van der Waals surface area contributed by atoms with Crippen molar-refractivity contribution >= 4 is 12.4 Å². The largest absolute Gasteiger partial charge is 0.442 e. The molecule has 16 heavy (non-hydrogen) atoms. The van der Waals surface area contributed by atoms with E-state index in [0.29, 0.717) is 12.0 Å². The molecule has 0 aliphatic rings. The van der Waals surface area contributed by atoms with Crippen LogP contribution in [-0.4, -0.2) is 27.8 Å². The molecular formula is C11H12N2O3. The van der Waals surface area contributed by atoms with Gasteiger partial charge in [0.05, 0.1) is 0 Å². The zero-order chi connectivity index (χ0) is 12.2. The minimum Gasteiger partial charge on any atom is -0.442 e. The molecule has 0 bridgehead atoms. The lowest BCUT2D eigenvalue weighted by Crippen LogP contribution is -2.27. The average Bonchev–Trinajstić information content (AvgIpc) is 2.60. The van der Waals surface area contributed by atoms with Crippen LogP contribution < -0.4 is 0 Å². The van der Waals surface area contributed by atoms with Crippen LogP contribution in [0.25, 0.3) is 0 Å². The molecule has 0 unspecified atom stereocenters. The van der Waals surface area contributed by atoms with Crippen LogP contribution >= 0.6 is 0 Å². The third kappa shape index (κ3) is 3.58. The lowest BCUT2D eigenvalue weighted by Gasteiger charge is -2.18. The van der Waals surface area contributed by atoms with Crippen LogP contribution in [0.4, 0.5) is 4.79 Å². The van der Waals surface area contributed by atoms with E-state index >= 15 is 0 Å². The molecule has 0 spiro atoms. The topological polar surface area (TPSA) is 61.2 Å². The fourth-order valence-corrected chi connectivity index (χ4v) is 0.904.